The van der Waals surface area contributed by atoms with Crippen molar-refractivity contribution in [2.45, 2.75) is 48.0 Å². The van der Waals surface area contributed by atoms with Gasteiger partial charge in [-0.1, -0.05) is 46.3 Å². The van der Waals surface area contributed by atoms with Crippen LogP contribution in [0.15, 0.2) is 23.4 Å². The molecule has 1 heteroatoms. The summed E-state index contributed by atoms with van der Waals surface area (Å²) in [6.07, 6.45) is 5.60. The second-order valence-corrected chi connectivity index (χ2v) is 4.87. The molecule has 15 heavy (non-hydrogen) atoms. The molecule has 88 valence electrons. The zero-order valence-corrected chi connectivity index (χ0v) is 11.2. The Labute approximate surface area is 95.7 Å². The first kappa shape index (κ1) is 14.3. The normalized spacial score (nSPS) is 13.9. The third-order valence-corrected chi connectivity index (χ3v) is 2.49. The zero-order chi connectivity index (χ0) is 11.8. The molecule has 0 aliphatic heterocycles. The predicted molar refractivity (Wildman–Crippen MR) is 69.8 cm³/mol. The molecule has 0 amide bonds. The third kappa shape index (κ3) is 7.24. The van der Waals surface area contributed by atoms with Gasteiger partial charge < -0.3 is 5.32 Å². The lowest BCUT2D eigenvalue weighted by Gasteiger charge is -2.10. The molecule has 0 heterocycles. The highest BCUT2D eigenvalue weighted by atomic mass is 14.9. The maximum absolute atomic E-state index is 3.42. The van der Waals surface area contributed by atoms with Crippen LogP contribution in [0, 0.1) is 11.8 Å². The van der Waals surface area contributed by atoms with Crippen LogP contribution in [-0.4, -0.2) is 6.54 Å². The van der Waals surface area contributed by atoms with Gasteiger partial charge >= 0.3 is 0 Å². The molecule has 0 rings (SSSR count). The fraction of sp³-hybridized carbons (Fsp3) is 0.714. The van der Waals surface area contributed by atoms with Crippen LogP contribution in [0.5, 0.6) is 0 Å². The molecule has 0 radical (unpaired) electrons. The number of allylic oxidation sites excluding steroid dienone is 4. The number of rotatable bonds is 6. The molecule has 0 aliphatic carbocycles. The van der Waals surface area contributed by atoms with Gasteiger partial charge in [0.2, 0.25) is 0 Å². The molecule has 0 fully saturated rings. The van der Waals surface area contributed by atoms with E-state index in [1.165, 1.54) is 11.3 Å². The summed E-state index contributed by atoms with van der Waals surface area (Å²) < 4.78 is 0. The second-order valence-electron chi connectivity index (χ2n) is 4.87. The van der Waals surface area contributed by atoms with Gasteiger partial charge in [-0.05, 0) is 31.3 Å². The summed E-state index contributed by atoms with van der Waals surface area (Å²) in [6.45, 7) is 14.4. The van der Waals surface area contributed by atoms with E-state index in [9.17, 15) is 0 Å². The van der Waals surface area contributed by atoms with E-state index in [-0.39, 0.29) is 0 Å². The molecule has 0 saturated carbocycles. The largest absolute Gasteiger partial charge is 0.388 e. The van der Waals surface area contributed by atoms with Gasteiger partial charge in [0.1, 0.15) is 0 Å². The van der Waals surface area contributed by atoms with Crippen molar-refractivity contribution < 1.29 is 0 Å². The van der Waals surface area contributed by atoms with Crippen molar-refractivity contribution in [3.8, 4) is 0 Å². The van der Waals surface area contributed by atoms with Gasteiger partial charge in [0.05, 0.1) is 0 Å². The van der Waals surface area contributed by atoms with Crippen LogP contribution in [0.2, 0.25) is 0 Å². The topological polar surface area (TPSA) is 12.0 Å². The molecule has 0 spiro atoms. The van der Waals surface area contributed by atoms with Crippen molar-refractivity contribution in [3.63, 3.8) is 0 Å². The van der Waals surface area contributed by atoms with Gasteiger partial charge in [0, 0.05) is 12.2 Å². The van der Waals surface area contributed by atoms with E-state index < -0.39 is 0 Å². The average Bonchev–Trinajstić information content (AvgIpc) is 2.15. The lowest BCUT2D eigenvalue weighted by atomic mass is 10.0. The lowest BCUT2D eigenvalue weighted by molar-refractivity contribution is 0.596. The van der Waals surface area contributed by atoms with Crippen LogP contribution in [0.25, 0.3) is 0 Å². The SMILES string of the molecule is CC/C(=C\C=C(/C)NCC(C)C)C(C)C. The first-order valence-electron chi connectivity index (χ1n) is 6.08. The summed E-state index contributed by atoms with van der Waals surface area (Å²) in [5, 5.41) is 3.42. The summed E-state index contributed by atoms with van der Waals surface area (Å²) in [5.74, 6) is 1.36. The number of nitrogens with one attached hydrogen (secondary N) is 1. The minimum absolute atomic E-state index is 0.657. The minimum Gasteiger partial charge on any atom is -0.388 e. The van der Waals surface area contributed by atoms with Gasteiger partial charge in [-0.25, -0.2) is 0 Å². The highest BCUT2D eigenvalue weighted by Crippen LogP contribution is 2.13. The standard InChI is InChI=1S/C14H27N/c1-7-14(12(4)5)9-8-13(6)15-10-11(2)3/h8-9,11-12,15H,7,10H2,1-6H3/b13-8+,14-9+. The Morgan fingerprint density at radius 3 is 2.13 bits per heavy atom. The van der Waals surface area contributed by atoms with Crippen LogP contribution < -0.4 is 5.32 Å². The Bertz CT molecular complexity index is 221. The zero-order valence-electron chi connectivity index (χ0n) is 11.2. The van der Waals surface area contributed by atoms with E-state index in [0.29, 0.717) is 11.8 Å². The second kappa shape index (κ2) is 7.56. The van der Waals surface area contributed by atoms with Gasteiger partial charge in [-0.3, -0.25) is 0 Å². The molecule has 0 aromatic rings. The van der Waals surface area contributed by atoms with Gasteiger partial charge in [-0.2, -0.15) is 0 Å². The Hall–Kier alpha value is -0.720. The van der Waals surface area contributed by atoms with Gasteiger partial charge in [0.25, 0.3) is 0 Å². The highest BCUT2D eigenvalue weighted by molar-refractivity contribution is 5.17. The predicted octanol–water partition coefficient (Wildman–Crippen LogP) is 4.13. The quantitative estimate of drug-likeness (QED) is 0.649. The van der Waals surface area contributed by atoms with Crippen molar-refractivity contribution in [2.24, 2.45) is 11.8 Å². The first-order chi connectivity index (χ1) is 6.97. The van der Waals surface area contributed by atoms with Gasteiger partial charge in [0.15, 0.2) is 0 Å². The van der Waals surface area contributed by atoms with E-state index in [1.54, 1.807) is 0 Å². The highest BCUT2D eigenvalue weighted by Gasteiger charge is 1.98. The van der Waals surface area contributed by atoms with Crippen molar-refractivity contribution in [2.75, 3.05) is 6.54 Å². The maximum Gasteiger partial charge on any atom is 0.0166 e. The molecule has 0 aromatic heterocycles. The number of hydrogen-bond donors (Lipinski definition) is 1. The molecule has 0 aliphatic rings. The van der Waals surface area contributed by atoms with E-state index in [2.05, 4.69) is 59.0 Å². The van der Waals surface area contributed by atoms with Crippen molar-refractivity contribution in [1.29, 1.82) is 0 Å². The smallest absolute Gasteiger partial charge is 0.0166 e. The molecule has 0 unspecified atom stereocenters. The van der Waals surface area contributed by atoms with E-state index >= 15 is 0 Å². The van der Waals surface area contributed by atoms with E-state index in [1.807, 2.05) is 0 Å². The summed E-state index contributed by atoms with van der Waals surface area (Å²) in [4.78, 5) is 0. The Kier molecular flexibility index (Phi) is 7.19. The summed E-state index contributed by atoms with van der Waals surface area (Å²) in [6, 6.07) is 0. The van der Waals surface area contributed by atoms with E-state index in [0.717, 1.165) is 13.0 Å². The van der Waals surface area contributed by atoms with Crippen molar-refractivity contribution in [1.82, 2.24) is 5.32 Å². The van der Waals surface area contributed by atoms with Crippen LogP contribution >= 0.6 is 0 Å². The van der Waals surface area contributed by atoms with Crippen molar-refractivity contribution >= 4 is 0 Å². The maximum atomic E-state index is 3.42. The van der Waals surface area contributed by atoms with Crippen molar-refractivity contribution in [3.05, 3.63) is 23.4 Å². The van der Waals surface area contributed by atoms with Crippen LogP contribution in [0.3, 0.4) is 0 Å². The Morgan fingerprint density at radius 1 is 1.13 bits per heavy atom. The molecular weight excluding hydrogens is 182 g/mol. The molecule has 1 nitrogen and oxygen atoms in total. The minimum atomic E-state index is 0.657. The van der Waals surface area contributed by atoms with Crippen LogP contribution in [0.1, 0.15) is 48.0 Å². The first-order valence-corrected chi connectivity index (χ1v) is 6.08. The molecule has 1 N–H and O–H groups in total. The molecular formula is C14H27N. The summed E-state index contributed by atoms with van der Waals surface area (Å²) in [5.41, 5.74) is 2.77. The van der Waals surface area contributed by atoms with Crippen LogP contribution in [0.4, 0.5) is 0 Å². The van der Waals surface area contributed by atoms with E-state index in [4.69, 9.17) is 0 Å². The average molecular weight is 209 g/mol. The summed E-state index contributed by atoms with van der Waals surface area (Å²) in [7, 11) is 0. The fourth-order valence-corrected chi connectivity index (χ4v) is 1.37. The summed E-state index contributed by atoms with van der Waals surface area (Å²) >= 11 is 0. The fourth-order valence-electron chi connectivity index (χ4n) is 1.37. The van der Waals surface area contributed by atoms with Gasteiger partial charge in [-0.15, -0.1) is 0 Å². The number of hydrogen-bond acceptors (Lipinski definition) is 1. The molecule has 0 saturated heterocycles. The Morgan fingerprint density at radius 2 is 1.73 bits per heavy atom. The monoisotopic (exact) mass is 209 g/mol. The third-order valence-electron chi connectivity index (χ3n) is 2.49. The molecule has 0 aromatic carbocycles. The Balaban J connectivity index is 4.22. The molecule has 0 atom stereocenters. The lowest BCUT2D eigenvalue weighted by Crippen LogP contribution is -2.17. The van der Waals surface area contributed by atoms with Crippen LogP contribution in [-0.2, 0) is 0 Å². The molecule has 0 bridgehead atoms.